The van der Waals surface area contributed by atoms with Gasteiger partial charge in [0.1, 0.15) is 0 Å². The van der Waals surface area contributed by atoms with Crippen LogP contribution in [0.15, 0.2) is 36.5 Å². The molecule has 0 amide bonds. The molecule has 1 N–H and O–H groups in total. The summed E-state index contributed by atoms with van der Waals surface area (Å²) in [6.07, 6.45) is 3.56. The highest BCUT2D eigenvalue weighted by molar-refractivity contribution is 5.78. The molecule has 15 heavy (non-hydrogen) atoms. The number of aliphatic carboxylic acids is 1. The van der Waals surface area contributed by atoms with Gasteiger partial charge in [0.05, 0.1) is 5.41 Å². The second kappa shape index (κ2) is 4.96. The van der Waals surface area contributed by atoms with Crippen LogP contribution in [-0.2, 0) is 4.79 Å². The highest BCUT2D eigenvalue weighted by atomic mass is 16.4. The lowest BCUT2D eigenvalue weighted by molar-refractivity contribution is -0.144. The standard InChI is InChI=1S/C13H20O2/c1-9(2)10(3)7-8-11(4)13(5,6)12(14)15/h7-9H,3-4H2,1-2,5-6H3,(H,14,15)/b8-7-. The molecule has 0 saturated heterocycles. The Hall–Kier alpha value is -1.31. The first-order chi connectivity index (χ1) is 6.69. The molecule has 0 spiro atoms. The monoisotopic (exact) mass is 208 g/mol. The van der Waals surface area contributed by atoms with Crippen LogP contribution in [0.2, 0.25) is 0 Å². The van der Waals surface area contributed by atoms with Gasteiger partial charge < -0.3 is 5.11 Å². The summed E-state index contributed by atoms with van der Waals surface area (Å²) >= 11 is 0. The van der Waals surface area contributed by atoms with Gasteiger partial charge in [-0.25, -0.2) is 0 Å². The van der Waals surface area contributed by atoms with Crippen molar-refractivity contribution in [1.82, 2.24) is 0 Å². The van der Waals surface area contributed by atoms with E-state index in [9.17, 15) is 4.79 Å². The summed E-state index contributed by atoms with van der Waals surface area (Å²) in [7, 11) is 0. The quantitative estimate of drug-likeness (QED) is 0.703. The summed E-state index contributed by atoms with van der Waals surface area (Å²) in [6.45, 7) is 15.0. The second-order valence-electron chi connectivity index (χ2n) is 4.52. The van der Waals surface area contributed by atoms with Gasteiger partial charge in [0.15, 0.2) is 0 Å². The van der Waals surface area contributed by atoms with Crippen LogP contribution >= 0.6 is 0 Å². The average molecular weight is 208 g/mol. The van der Waals surface area contributed by atoms with E-state index < -0.39 is 11.4 Å². The van der Waals surface area contributed by atoms with E-state index in [1.807, 2.05) is 19.9 Å². The molecule has 0 heterocycles. The van der Waals surface area contributed by atoms with Crippen LogP contribution in [0.5, 0.6) is 0 Å². The number of hydrogen-bond donors (Lipinski definition) is 1. The van der Waals surface area contributed by atoms with Crippen LogP contribution in [0, 0.1) is 11.3 Å². The van der Waals surface area contributed by atoms with Crippen molar-refractivity contribution in [3.63, 3.8) is 0 Å². The molecular weight excluding hydrogens is 188 g/mol. The van der Waals surface area contributed by atoms with E-state index in [4.69, 9.17) is 5.11 Å². The van der Waals surface area contributed by atoms with Gasteiger partial charge in [0.25, 0.3) is 0 Å². The van der Waals surface area contributed by atoms with Crippen LogP contribution in [0.3, 0.4) is 0 Å². The van der Waals surface area contributed by atoms with Crippen LogP contribution in [0.4, 0.5) is 0 Å². The van der Waals surface area contributed by atoms with Crippen LogP contribution in [0.25, 0.3) is 0 Å². The van der Waals surface area contributed by atoms with E-state index in [-0.39, 0.29) is 0 Å². The molecule has 0 aromatic heterocycles. The third-order valence-electron chi connectivity index (χ3n) is 2.58. The Kier molecular flexibility index (Phi) is 4.53. The highest BCUT2D eigenvalue weighted by Crippen LogP contribution is 2.26. The molecule has 84 valence electrons. The number of carboxylic acids is 1. The Morgan fingerprint density at radius 1 is 1.27 bits per heavy atom. The van der Waals surface area contributed by atoms with E-state index >= 15 is 0 Å². The molecule has 0 aromatic carbocycles. The lowest BCUT2D eigenvalue weighted by atomic mass is 9.84. The number of hydrogen-bond acceptors (Lipinski definition) is 1. The normalized spacial score (nSPS) is 12.1. The molecule has 2 nitrogen and oxygen atoms in total. The molecule has 0 radical (unpaired) electrons. The first-order valence-corrected chi connectivity index (χ1v) is 4.99. The Balaban J connectivity index is 4.64. The Labute approximate surface area is 92.0 Å². The topological polar surface area (TPSA) is 37.3 Å². The van der Waals surface area contributed by atoms with Gasteiger partial charge >= 0.3 is 5.97 Å². The molecule has 0 unspecified atom stereocenters. The molecule has 0 bridgehead atoms. The maximum atomic E-state index is 10.9. The number of carboxylic acid groups (broad SMARTS) is 1. The van der Waals surface area contributed by atoms with E-state index in [2.05, 4.69) is 13.2 Å². The lowest BCUT2D eigenvalue weighted by Gasteiger charge is -2.19. The van der Waals surface area contributed by atoms with Crippen LogP contribution in [0.1, 0.15) is 27.7 Å². The van der Waals surface area contributed by atoms with Crippen LogP contribution in [-0.4, -0.2) is 11.1 Å². The third kappa shape index (κ3) is 3.74. The summed E-state index contributed by atoms with van der Waals surface area (Å²) in [5, 5.41) is 8.97. The summed E-state index contributed by atoms with van der Waals surface area (Å²) in [5.41, 5.74) is 0.627. The van der Waals surface area contributed by atoms with Gasteiger partial charge in [-0.15, -0.1) is 0 Å². The van der Waals surface area contributed by atoms with Crippen molar-refractivity contribution in [2.75, 3.05) is 0 Å². The van der Waals surface area contributed by atoms with Crippen molar-refractivity contribution in [2.24, 2.45) is 11.3 Å². The minimum atomic E-state index is -0.923. The molecule has 0 aromatic rings. The maximum absolute atomic E-state index is 10.9. The fourth-order valence-corrected chi connectivity index (χ4v) is 0.746. The summed E-state index contributed by atoms with van der Waals surface area (Å²) in [6, 6.07) is 0. The molecule has 0 aliphatic rings. The summed E-state index contributed by atoms with van der Waals surface area (Å²) in [4.78, 5) is 10.9. The van der Waals surface area contributed by atoms with Gasteiger partial charge in [-0.3, -0.25) is 4.79 Å². The van der Waals surface area contributed by atoms with E-state index in [1.165, 1.54) is 0 Å². The first kappa shape index (κ1) is 13.7. The minimum absolute atomic E-state index is 0.363. The van der Waals surface area contributed by atoms with E-state index in [0.717, 1.165) is 5.57 Å². The molecule has 0 atom stereocenters. The van der Waals surface area contributed by atoms with Crippen molar-refractivity contribution in [3.05, 3.63) is 36.5 Å². The van der Waals surface area contributed by atoms with Crippen LogP contribution < -0.4 is 0 Å². The zero-order valence-electron chi connectivity index (χ0n) is 10.0. The van der Waals surface area contributed by atoms with Crippen molar-refractivity contribution in [2.45, 2.75) is 27.7 Å². The van der Waals surface area contributed by atoms with Crippen molar-refractivity contribution in [3.8, 4) is 0 Å². The second-order valence-corrected chi connectivity index (χ2v) is 4.52. The maximum Gasteiger partial charge on any atom is 0.313 e. The van der Waals surface area contributed by atoms with Crippen molar-refractivity contribution < 1.29 is 9.90 Å². The molecule has 0 saturated carbocycles. The summed E-state index contributed by atoms with van der Waals surface area (Å²) < 4.78 is 0. The van der Waals surface area contributed by atoms with Gasteiger partial charge in [-0.2, -0.15) is 0 Å². The molecule has 2 heteroatoms. The van der Waals surface area contributed by atoms with E-state index in [0.29, 0.717) is 11.5 Å². The van der Waals surface area contributed by atoms with E-state index in [1.54, 1.807) is 19.9 Å². The molecule has 0 aliphatic carbocycles. The van der Waals surface area contributed by atoms with Gasteiger partial charge in [-0.05, 0) is 25.3 Å². The predicted molar refractivity (Wildman–Crippen MR) is 63.7 cm³/mol. The van der Waals surface area contributed by atoms with Crippen molar-refractivity contribution >= 4 is 5.97 Å². The molecular formula is C13H20O2. The Morgan fingerprint density at radius 2 is 1.73 bits per heavy atom. The number of rotatable bonds is 5. The highest BCUT2D eigenvalue weighted by Gasteiger charge is 2.28. The van der Waals surface area contributed by atoms with Gasteiger partial charge in [-0.1, -0.05) is 44.7 Å². The van der Waals surface area contributed by atoms with Gasteiger partial charge in [0, 0.05) is 0 Å². The molecule has 0 rings (SSSR count). The average Bonchev–Trinajstić information content (AvgIpc) is 2.12. The summed E-state index contributed by atoms with van der Waals surface area (Å²) in [5.74, 6) is -0.505. The lowest BCUT2D eigenvalue weighted by Crippen LogP contribution is -2.24. The Morgan fingerprint density at radius 3 is 2.07 bits per heavy atom. The number of carbonyl (C=O) groups is 1. The SMILES string of the molecule is C=C(/C=C\C(=C)C(C)(C)C(=O)O)C(C)C. The minimum Gasteiger partial charge on any atom is -0.481 e. The number of allylic oxidation sites excluding steroid dienone is 3. The molecule has 0 fully saturated rings. The predicted octanol–water partition coefficient (Wildman–Crippen LogP) is 3.42. The van der Waals surface area contributed by atoms with Gasteiger partial charge in [0.2, 0.25) is 0 Å². The fraction of sp³-hybridized carbons (Fsp3) is 0.462. The smallest absolute Gasteiger partial charge is 0.313 e. The van der Waals surface area contributed by atoms with Crippen molar-refractivity contribution in [1.29, 1.82) is 0 Å². The Bertz CT molecular complexity index is 306. The zero-order valence-corrected chi connectivity index (χ0v) is 10.0. The zero-order chi connectivity index (χ0) is 12.2. The largest absolute Gasteiger partial charge is 0.481 e. The molecule has 0 aliphatic heterocycles. The third-order valence-corrected chi connectivity index (χ3v) is 2.58. The fourth-order valence-electron chi connectivity index (χ4n) is 0.746. The first-order valence-electron chi connectivity index (χ1n) is 4.99.